The standard InChI is InChI=1S/C28H38N2O4/c1-20(2)13-15-29(3)17-18-33-25-12-9-23(19-27(25)32-4)30-16-14-26(28(30)31)34-24-10-7-22(8-11-24)21-5-6-21/h7-12,19-21,26H,5-6,13-18H2,1-4H3/t26-/m0/s1. The van der Waals surface area contributed by atoms with Crippen molar-refractivity contribution in [1.82, 2.24) is 4.90 Å². The Hall–Kier alpha value is -2.73. The minimum Gasteiger partial charge on any atom is -0.493 e. The van der Waals surface area contributed by atoms with Crippen molar-refractivity contribution < 1.29 is 19.0 Å². The number of benzene rings is 2. The molecule has 0 N–H and O–H groups in total. The van der Waals surface area contributed by atoms with Crippen molar-refractivity contribution in [3.8, 4) is 17.2 Å². The van der Waals surface area contributed by atoms with Crippen LogP contribution in [0.2, 0.25) is 0 Å². The number of hydrogen-bond acceptors (Lipinski definition) is 5. The summed E-state index contributed by atoms with van der Waals surface area (Å²) < 4.78 is 17.6. The van der Waals surface area contributed by atoms with Crippen LogP contribution in [0.5, 0.6) is 17.2 Å². The second-order valence-electron chi connectivity index (χ2n) is 9.90. The van der Waals surface area contributed by atoms with Gasteiger partial charge in [0.15, 0.2) is 17.6 Å². The number of amides is 1. The molecule has 6 heteroatoms. The van der Waals surface area contributed by atoms with E-state index in [-0.39, 0.29) is 5.91 Å². The van der Waals surface area contributed by atoms with Gasteiger partial charge in [-0.3, -0.25) is 4.79 Å². The van der Waals surface area contributed by atoms with E-state index < -0.39 is 6.10 Å². The quantitative estimate of drug-likeness (QED) is 0.435. The molecule has 0 unspecified atom stereocenters. The lowest BCUT2D eigenvalue weighted by molar-refractivity contribution is -0.122. The van der Waals surface area contributed by atoms with E-state index in [9.17, 15) is 4.79 Å². The molecule has 184 valence electrons. The molecule has 1 saturated carbocycles. The van der Waals surface area contributed by atoms with Gasteiger partial charge in [-0.1, -0.05) is 26.0 Å². The van der Waals surface area contributed by atoms with E-state index in [0.29, 0.717) is 42.9 Å². The Kier molecular flexibility index (Phi) is 7.99. The number of hydrogen-bond donors (Lipinski definition) is 0. The van der Waals surface area contributed by atoms with Gasteiger partial charge in [-0.05, 0) is 74.5 Å². The Morgan fingerprint density at radius 3 is 2.47 bits per heavy atom. The SMILES string of the molecule is COc1cc(N2CC[C@H](Oc3ccc(C4CC4)cc3)C2=O)ccc1OCCN(C)CCC(C)C. The van der Waals surface area contributed by atoms with E-state index in [2.05, 4.69) is 37.9 Å². The molecule has 1 heterocycles. The summed E-state index contributed by atoms with van der Waals surface area (Å²) in [5, 5.41) is 0. The van der Waals surface area contributed by atoms with Crippen LogP contribution < -0.4 is 19.1 Å². The van der Waals surface area contributed by atoms with Crippen molar-refractivity contribution in [1.29, 1.82) is 0 Å². The van der Waals surface area contributed by atoms with Crippen LogP contribution in [0.4, 0.5) is 5.69 Å². The summed E-state index contributed by atoms with van der Waals surface area (Å²) in [6.07, 6.45) is 3.93. The maximum atomic E-state index is 13.1. The van der Waals surface area contributed by atoms with Gasteiger partial charge in [-0.25, -0.2) is 0 Å². The zero-order chi connectivity index (χ0) is 24.1. The Morgan fingerprint density at radius 2 is 1.79 bits per heavy atom. The Labute approximate surface area is 203 Å². The summed E-state index contributed by atoms with van der Waals surface area (Å²) in [5.41, 5.74) is 2.17. The van der Waals surface area contributed by atoms with Gasteiger partial charge in [0, 0.05) is 31.3 Å². The summed E-state index contributed by atoms with van der Waals surface area (Å²) in [7, 11) is 3.74. The summed E-state index contributed by atoms with van der Waals surface area (Å²) in [6, 6.07) is 13.9. The lowest BCUT2D eigenvalue weighted by atomic mass is 10.1. The van der Waals surface area contributed by atoms with Gasteiger partial charge in [-0.2, -0.15) is 0 Å². The van der Waals surface area contributed by atoms with Crippen molar-refractivity contribution in [2.75, 3.05) is 45.3 Å². The average molecular weight is 467 g/mol. The van der Waals surface area contributed by atoms with Crippen LogP contribution >= 0.6 is 0 Å². The number of rotatable bonds is 12. The first-order chi connectivity index (χ1) is 16.4. The van der Waals surface area contributed by atoms with Crippen LogP contribution in [0, 0.1) is 5.92 Å². The molecule has 1 aliphatic carbocycles. The molecule has 4 rings (SSSR count). The third-order valence-corrected chi connectivity index (χ3v) is 6.64. The van der Waals surface area contributed by atoms with Gasteiger partial charge in [-0.15, -0.1) is 0 Å². The summed E-state index contributed by atoms with van der Waals surface area (Å²) in [6.45, 7) is 7.59. The lowest BCUT2D eigenvalue weighted by Gasteiger charge is -2.21. The number of likely N-dealkylation sites (N-methyl/N-ethyl adjacent to an activating group) is 1. The van der Waals surface area contributed by atoms with Gasteiger partial charge in [0.1, 0.15) is 12.4 Å². The second-order valence-corrected chi connectivity index (χ2v) is 9.90. The monoisotopic (exact) mass is 466 g/mol. The number of carbonyl (C=O) groups is 1. The highest BCUT2D eigenvalue weighted by Gasteiger charge is 2.35. The molecule has 1 amide bonds. The molecule has 34 heavy (non-hydrogen) atoms. The summed E-state index contributed by atoms with van der Waals surface area (Å²) in [4.78, 5) is 17.1. The van der Waals surface area contributed by atoms with Gasteiger partial charge >= 0.3 is 0 Å². The predicted molar refractivity (Wildman–Crippen MR) is 135 cm³/mol. The molecule has 0 radical (unpaired) electrons. The number of carbonyl (C=O) groups excluding carboxylic acids is 1. The van der Waals surface area contributed by atoms with Crippen LogP contribution in [0.3, 0.4) is 0 Å². The first kappa shape index (κ1) is 24.4. The normalized spacial score (nSPS) is 18.1. The average Bonchev–Trinajstić information content (AvgIpc) is 3.62. The predicted octanol–water partition coefficient (Wildman–Crippen LogP) is 5.11. The highest BCUT2D eigenvalue weighted by atomic mass is 16.5. The molecule has 2 fully saturated rings. The molecule has 0 aromatic heterocycles. The lowest BCUT2D eigenvalue weighted by Crippen LogP contribution is -2.32. The zero-order valence-corrected chi connectivity index (χ0v) is 21.0. The molecule has 1 atom stereocenters. The summed E-state index contributed by atoms with van der Waals surface area (Å²) >= 11 is 0. The van der Waals surface area contributed by atoms with Crippen molar-refractivity contribution in [2.45, 2.75) is 51.6 Å². The molecule has 6 nitrogen and oxygen atoms in total. The molecular formula is C28H38N2O4. The molecule has 0 bridgehead atoms. The summed E-state index contributed by atoms with van der Waals surface area (Å²) in [5.74, 6) is 3.47. The minimum absolute atomic E-state index is 0.0197. The highest BCUT2D eigenvalue weighted by Crippen LogP contribution is 2.40. The fourth-order valence-corrected chi connectivity index (χ4v) is 4.26. The Balaban J connectivity index is 1.32. The van der Waals surface area contributed by atoms with E-state index in [1.165, 1.54) is 24.8 Å². The minimum atomic E-state index is -0.463. The fourth-order valence-electron chi connectivity index (χ4n) is 4.26. The molecule has 2 aliphatic rings. The van der Waals surface area contributed by atoms with Crippen LogP contribution in [0.25, 0.3) is 0 Å². The van der Waals surface area contributed by atoms with E-state index in [4.69, 9.17) is 14.2 Å². The molecule has 2 aromatic rings. The number of anilines is 1. The maximum absolute atomic E-state index is 13.1. The molecule has 2 aromatic carbocycles. The van der Waals surface area contributed by atoms with E-state index in [1.54, 1.807) is 12.0 Å². The topological polar surface area (TPSA) is 51.2 Å². The van der Waals surface area contributed by atoms with Gasteiger partial charge in [0.25, 0.3) is 5.91 Å². The number of methoxy groups -OCH3 is 1. The first-order valence-corrected chi connectivity index (χ1v) is 12.5. The van der Waals surface area contributed by atoms with Gasteiger partial charge in [0.2, 0.25) is 0 Å². The van der Waals surface area contributed by atoms with Crippen molar-refractivity contribution in [3.63, 3.8) is 0 Å². The third-order valence-electron chi connectivity index (χ3n) is 6.64. The van der Waals surface area contributed by atoms with Crippen LogP contribution in [-0.4, -0.2) is 57.3 Å². The van der Waals surface area contributed by atoms with Crippen molar-refractivity contribution in [2.24, 2.45) is 5.92 Å². The Morgan fingerprint density at radius 1 is 1.03 bits per heavy atom. The van der Waals surface area contributed by atoms with Crippen LogP contribution in [0.15, 0.2) is 42.5 Å². The van der Waals surface area contributed by atoms with E-state index in [1.807, 2.05) is 30.3 Å². The molecular weight excluding hydrogens is 428 g/mol. The molecule has 1 aliphatic heterocycles. The number of nitrogens with zero attached hydrogens (tertiary/aromatic N) is 2. The van der Waals surface area contributed by atoms with Gasteiger partial charge < -0.3 is 24.0 Å². The largest absolute Gasteiger partial charge is 0.493 e. The maximum Gasteiger partial charge on any atom is 0.268 e. The zero-order valence-electron chi connectivity index (χ0n) is 21.0. The smallest absolute Gasteiger partial charge is 0.268 e. The second kappa shape index (κ2) is 11.1. The van der Waals surface area contributed by atoms with E-state index >= 15 is 0 Å². The van der Waals surface area contributed by atoms with Crippen molar-refractivity contribution in [3.05, 3.63) is 48.0 Å². The third kappa shape index (κ3) is 6.23. The van der Waals surface area contributed by atoms with Crippen LogP contribution in [-0.2, 0) is 4.79 Å². The highest BCUT2D eigenvalue weighted by molar-refractivity contribution is 5.99. The number of ether oxygens (including phenoxy) is 3. The fraction of sp³-hybridized carbons (Fsp3) is 0.536. The van der Waals surface area contributed by atoms with Crippen molar-refractivity contribution >= 4 is 11.6 Å². The Bertz CT molecular complexity index is 955. The first-order valence-electron chi connectivity index (χ1n) is 12.5. The van der Waals surface area contributed by atoms with Crippen LogP contribution in [0.1, 0.15) is 51.0 Å². The molecule has 0 spiro atoms. The van der Waals surface area contributed by atoms with E-state index in [0.717, 1.165) is 24.5 Å². The van der Waals surface area contributed by atoms with Gasteiger partial charge in [0.05, 0.1) is 7.11 Å². The molecule has 1 saturated heterocycles.